The first-order valence-corrected chi connectivity index (χ1v) is 23.0. The number of hydrogen-bond acceptors (Lipinski definition) is 9. The monoisotopic (exact) mass is 908 g/mol. The summed E-state index contributed by atoms with van der Waals surface area (Å²) < 4.78 is 0. The molecule has 2 rings (SSSR count). The predicted octanol–water partition coefficient (Wildman–Crippen LogP) is 3.23. The first-order valence-electron chi connectivity index (χ1n) is 23.0. The van der Waals surface area contributed by atoms with Crippen molar-refractivity contribution in [2.24, 2.45) is 17.4 Å². The van der Waals surface area contributed by atoms with Gasteiger partial charge >= 0.3 is 5.97 Å². The van der Waals surface area contributed by atoms with Gasteiger partial charge in [0.15, 0.2) is 0 Å². The summed E-state index contributed by atoms with van der Waals surface area (Å²) in [6, 6.07) is 12.0. The number of carbonyl (C=O) groups is 8. The molecule has 360 valence electrons. The van der Waals surface area contributed by atoms with Crippen molar-refractivity contribution < 1.29 is 48.6 Å². The number of carboxylic acid groups (broad SMARTS) is 1. The number of amides is 7. The smallest absolute Gasteiger partial charge is 0.326 e. The average Bonchev–Trinajstić information content (AvgIpc) is 3.24. The van der Waals surface area contributed by atoms with Gasteiger partial charge in [0.05, 0.1) is 12.5 Å². The number of unbranched alkanes of at least 4 members (excludes halogenated alkanes) is 11. The highest BCUT2D eigenvalue weighted by Crippen LogP contribution is 2.14. The van der Waals surface area contributed by atoms with Gasteiger partial charge in [0, 0.05) is 25.7 Å². The summed E-state index contributed by atoms with van der Waals surface area (Å²) in [7, 11) is 0. The van der Waals surface area contributed by atoms with E-state index < -0.39 is 84.1 Å². The number of rotatable bonds is 34. The maximum Gasteiger partial charge on any atom is 0.326 e. The van der Waals surface area contributed by atoms with Crippen LogP contribution in [0.1, 0.15) is 135 Å². The molecule has 0 aliphatic rings. The third-order valence-corrected chi connectivity index (χ3v) is 10.9. The lowest BCUT2D eigenvalue weighted by atomic mass is 10.0. The fraction of sp³-hybridized carbons (Fsp3) is 0.583. The van der Waals surface area contributed by atoms with Gasteiger partial charge in [-0.15, -0.1) is 0 Å². The second-order valence-corrected chi connectivity index (χ2v) is 17.3. The molecule has 2 aromatic rings. The Morgan fingerprint density at radius 2 is 0.908 bits per heavy atom. The van der Waals surface area contributed by atoms with Crippen LogP contribution in [0.25, 0.3) is 0 Å². The van der Waals surface area contributed by atoms with E-state index in [0.29, 0.717) is 18.4 Å². The number of nitrogens with two attached hydrogens (primary N) is 2. The van der Waals surface area contributed by atoms with E-state index in [1.165, 1.54) is 6.92 Å². The summed E-state index contributed by atoms with van der Waals surface area (Å²) >= 11 is 0. The number of benzene rings is 2. The molecule has 0 radical (unpaired) electrons. The second-order valence-electron chi connectivity index (χ2n) is 17.3. The minimum Gasteiger partial charge on any atom is -0.480 e. The number of aliphatic hydroxyl groups is 1. The molecule has 7 amide bonds. The van der Waals surface area contributed by atoms with Crippen LogP contribution in [0.4, 0.5) is 0 Å². The van der Waals surface area contributed by atoms with Crippen molar-refractivity contribution in [3.05, 3.63) is 71.8 Å². The number of aliphatic hydroxyl groups excluding tert-OH is 1. The minimum absolute atomic E-state index is 0.00435. The maximum absolute atomic E-state index is 13.3. The van der Waals surface area contributed by atoms with E-state index in [1.807, 2.05) is 44.2 Å². The summed E-state index contributed by atoms with van der Waals surface area (Å²) in [6.07, 6.45) is 10.2. The highest BCUT2D eigenvalue weighted by atomic mass is 16.4. The van der Waals surface area contributed by atoms with Crippen molar-refractivity contribution in [1.29, 1.82) is 0 Å². The topological polar surface area (TPSA) is 289 Å². The van der Waals surface area contributed by atoms with E-state index in [9.17, 15) is 48.6 Å². The van der Waals surface area contributed by atoms with E-state index in [4.69, 9.17) is 11.5 Å². The zero-order valence-electron chi connectivity index (χ0n) is 38.4. The fourth-order valence-electron chi connectivity index (χ4n) is 7.30. The maximum atomic E-state index is 13.3. The lowest BCUT2D eigenvalue weighted by Crippen LogP contribution is -2.59. The van der Waals surface area contributed by atoms with Crippen LogP contribution in [0.5, 0.6) is 0 Å². The van der Waals surface area contributed by atoms with Crippen LogP contribution in [-0.4, -0.2) is 93.8 Å². The molecule has 0 saturated heterocycles. The molecule has 11 N–H and O–H groups in total. The van der Waals surface area contributed by atoms with Crippen molar-refractivity contribution in [1.82, 2.24) is 26.6 Å². The van der Waals surface area contributed by atoms with Crippen molar-refractivity contribution in [2.45, 2.75) is 173 Å². The lowest BCUT2D eigenvalue weighted by molar-refractivity contribution is -0.142. The number of nitrogens with one attached hydrogen (secondary N) is 5. The van der Waals surface area contributed by atoms with Gasteiger partial charge in [-0.1, -0.05) is 139 Å². The summed E-state index contributed by atoms with van der Waals surface area (Å²) in [5.41, 5.74) is 12.4. The molecule has 0 aliphatic carbocycles. The third-order valence-electron chi connectivity index (χ3n) is 10.9. The van der Waals surface area contributed by atoms with Gasteiger partial charge in [0.2, 0.25) is 41.4 Å². The minimum atomic E-state index is -1.28. The zero-order chi connectivity index (χ0) is 48.1. The quantitative estimate of drug-likeness (QED) is 0.0462. The molecule has 0 saturated carbocycles. The Hall–Kier alpha value is -5.84. The summed E-state index contributed by atoms with van der Waals surface area (Å²) in [6.45, 7) is 5.15. The van der Waals surface area contributed by atoms with Gasteiger partial charge in [-0.05, 0) is 43.2 Å². The van der Waals surface area contributed by atoms with Gasteiger partial charge in [-0.2, -0.15) is 0 Å². The van der Waals surface area contributed by atoms with Gasteiger partial charge in [-0.3, -0.25) is 33.6 Å². The van der Waals surface area contributed by atoms with Gasteiger partial charge < -0.3 is 48.3 Å². The lowest BCUT2D eigenvalue weighted by Gasteiger charge is -2.26. The Morgan fingerprint density at radius 3 is 1.32 bits per heavy atom. The summed E-state index contributed by atoms with van der Waals surface area (Å²) in [4.78, 5) is 100. The van der Waals surface area contributed by atoms with E-state index >= 15 is 0 Å². The van der Waals surface area contributed by atoms with Crippen LogP contribution in [0, 0.1) is 5.92 Å². The van der Waals surface area contributed by atoms with Crippen LogP contribution in [-0.2, 0) is 51.2 Å². The van der Waals surface area contributed by atoms with Crippen molar-refractivity contribution in [3.63, 3.8) is 0 Å². The number of aliphatic carboxylic acids is 1. The molecule has 0 spiro atoms. The van der Waals surface area contributed by atoms with E-state index in [2.05, 4.69) is 26.6 Å². The fourth-order valence-corrected chi connectivity index (χ4v) is 7.30. The molecule has 0 heterocycles. The Bertz CT molecular complexity index is 1790. The predicted molar refractivity (Wildman–Crippen MR) is 246 cm³/mol. The molecule has 0 aromatic heterocycles. The van der Waals surface area contributed by atoms with E-state index in [1.54, 1.807) is 30.3 Å². The molecule has 6 atom stereocenters. The molecular formula is C48H73N7O10. The first-order chi connectivity index (χ1) is 31.0. The molecule has 65 heavy (non-hydrogen) atoms. The number of hydrogen-bond donors (Lipinski definition) is 9. The van der Waals surface area contributed by atoms with Gasteiger partial charge in [0.1, 0.15) is 30.2 Å². The van der Waals surface area contributed by atoms with Crippen molar-refractivity contribution in [2.75, 3.05) is 0 Å². The molecule has 1 unspecified atom stereocenters. The number of primary amides is 2. The normalized spacial score (nSPS) is 13.9. The van der Waals surface area contributed by atoms with Crippen molar-refractivity contribution >= 4 is 47.3 Å². The molecule has 17 nitrogen and oxygen atoms in total. The van der Waals surface area contributed by atoms with Crippen molar-refractivity contribution in [3.8, 4) is 0 Å². The Kier molecular flexibility index (Phi) is 26.5. The highest BCUT2D eigenvalue weighted by Gasteiger charge is 2.32. The Labute approximate surface area is 383 Å². The zero-order valence-corrected chi connectivity index (χ0v) is 38.4. The van der Waals surface area contributed by atoms with Gasteiger partial charge in [0.25, 0.3) is 0 Å². The number of carbonyl (C=O) groups excluding carboxylic acids is 7. The third kappa shape index (κ3) is 24.1. The molecule has 17 heteroatoms. The van der Waals surface area contributed by atoms with E-state index in [0.717, 1.165) is 69.8 Å². The van der Waals surface area contributed by atoms with Crippen LogP contribution in [0.3, 0.4) is 0 Å². The van der Waals surface area contributed by atoms with Crippen LogP contribution < -0.4 is 38.1 Å². The summed E-state index contributed by atoms with van der Waals surface area (Å²) in [5, 5.41) is 32.9. The van der Waals surface area contributed by atoms with Crippen LogP contribution >= 0.6 is 0 Å². The molecular weight excluding hydrogens is 835 g/mol. The first kappa shape index (κ1) is 55.3. The molecule has 2 aromatic carbocycles. The largest absolute Gasteiger partial charge is 0.480 e. The summed E-state index contributed by atoms with van der Waals surface area (Å²) in [5.74, 6) is -5.65. The van der Waals surface area contributed by atoms with Crippen LogP contribution in [0.15, 0.2) is 60.7 Å². The second kappa shape index (κ2) is 31.1. The SMILES string of the molecule is CC(C)C[C@H](NC(=O)[C@@H](NC(=O)CCCCCCCCCCCCCCC(=O)N[C@H](CC(N)=O)C(=O)N[C@H](Cc1ccccc1)C(=O)O)C(C)O)C(=O)N[C@@H](Cc1ccccc1)C(N)=O. The Balaban J connectivity index is 1.62. The molecule has 0 aliphatic heterocycles. The van der Waals surface area contributed by atoms with Gasteiger partial charge in [-0.25, -0.2) is 4.79 Å². The van der Waals surface area contributed by atoms with E-state index in [-0.39, 0.29) is 43.9 Å². The number of carboxylic acids is 1. The molecule has 0 bridgehead atoms. The van der Waals surface area contributed by atoms with Crippen LogP contribution in [0.2, 0.25) is 0 Å². The standard InChI is InChI=1S/C48H73N7O10/c1-32(2)28-37(45(61)52-36(44(50)60)29-34-22-16-14-17-23-34)53-47(63)43(33(3)56)55-42(59)27-21-13-11-9-7-5-4-6-8-10-12-20-26-41(58)51-38(31-40(49)57)46(62)54-39(48(64)65)30-35-24-18-15-19-25-35/h14-19,22-25,32-33,36-39,43,56H,4-13,20-21,26-31H2,1-3H3,(H2,49,57)(H2,50,60)(H,51,58)(H,52,61)(H,53,63)(H,54,62)(H,55,59)(H,64,65)/t33?,36-,37-,38+,39+,43-/m0/s1. The highest BCUT2D eigenvalue weighted by molar-refractivity contribution is 5.95. The average molecular weight is 908 g/mol. The molecule has 0 fully saturated rings. The Morgan fingerprint density at radius 1 is 0.508 bits per heavy atom.